The lowest BCUT2D eigenvalue weighted by molar-refractivity contribution is -0.119. The second-order valence-electron chi connectivity index (χ2n) is 5.69. The molecule has 2 aliphatic rings. The van der Waals surface area contributed by atoms with Crippen molar-refractivity contribution in [3.05, 3.63) is 30.3 Å². The molecule has 5 nitrogen and oxygen atoms in total. The van der Waals surface area contributed by atoms with Gasteiger partial charge in [-0.2, -0.15) is 5.10 Å². The molecule has 1 heterocycles. The van der Waals surface area contributed by atoms with Gasteiger partial charge in [0.2, 0.25) is 5.91 Å². The third kappa shape index (κ3) is 3.12. The fraction of sp³-hybridized carbons (Fsp3) is 0.438. The number of carbonyl (C=O) groups is 2. The quantitative estimate of drug-likeness (QED) is 0.920. The molecule has 21 heavy (non-hydrogen) atoms. The van der Waals surface area contributed by atoms with E-state index >= 15 is 0 Å². The lowest BCUT2D eigenvalue weighted by Crippen LogP contribution is -2.42. The third-order valence-electron chi connectivity index (χ3n) is 3.98. The van der Waals surface area contributed by atoms with Crippen LogP contribution in [0.5, 0.6) is 0 Å². The molecule has 1 aliphatic heterocycles. The first-order chi connectivity index (χ1) is 10.1. The van der Waals surface area contributed by atoms with Crippen molar-refractivity contribution in [2.24, 2.45) is 11.0 Å². The molecule has 1 N–H and O–H groups in total. The van der Waals surface area contributed by atoms with E-state index in [4.69, 9.17) is 0 Å². The lowest BCUT2D eigenvalue weighted by Gasteiger charge is -2.23. The van der Waals surface area contributed by atoms with Crippen LogP contribution in [0.3, 0.4) is 0 Å². The standard InChI is InChI=1S/C16H19N3O2/c1-11(12-7-8-12)17-16(21)14-9-10-15(20)19(18-14)13-5-3-2-4-6-13/h2-6,11-12H,7-10H2,1H3,(H,17,21). The molecular weight excluding hydrogens is 266 g/mol. The summed E-state index contributed by atoms with van der Waals surface area (Å²) in [7, 11) is 0. The molecule has 0 radical (unpaired) electrons. The van der Waals surface area contributed by atoms with E-state index in [1.165, 1.54) is 17.9 Å². The van der Waals surface area contributed by atoms with Gasteiger partial charge in [0.1, 0.15) is 5.71 Å². The summed E-state index contributed by atoms with van der Waals surface area (Å²) in [6, 6.07) is 9.39. The predicted molar refractivity (Wildman–Crippen MR) is 80.9 cm³/mol. The highest BCUT2D eigenvalue weighted by Crippen LogP contribution is 2.32. The van der Waals surface area contributed by atoms with E-state index in [-0.39, 0.29) is 17.9 Å². The summed E-state index contributed by atoms with van der Waals surface area (Å²) in [5.41, 5.74) is 1.13. The number of hydrogen-bond donors (Lipinski definition) is 1. The molecule has 110 valence electrons. The first-order valence-corrected chi connectivity index (χ1v) is 7.41. The van der Waals surface area contributed by atoms with Crippen LogP contribution in [0.15, 0.2) is 35.4 Å². The maximum atomic E-state index is 12.2. The topological polar surface area (TPSA) is 61.8 Å². The molecular formula is C16H19N3O2. The number of hydrogen-bond acceptors (Lipinski definition) is 3. The van der Waals surface area contributed by atoms with Gasteiger partial charge < -0.3 is 5.32 Å². The average Bonchev–Trinajstić information content (AvgIpc) is 3.33. The number of amides is 2. The SMILES string of the molecule is CC(NC(=O)C1=NN(c2ccccc2)C(=O)CC1)C1CC1. The Kier molecular flexibility index (Phi) is 3.73. The van der Waals surface area contributed by atoms with Crippen molar-refractivity contribution >= 4 is 23.2 Å². The maximum Gasteiger partial charge on any atom is 0.267 e. The first-order valence-electron chi connectivity index (χ1n) is 7.41. The molecule has 1 atom stereocenters. The molecule has 0 bridgehead atoms. The van der Waals surface area contributed by atoms with Crippen molar-refractivity contribution in [2.45, 2.75) is 38.6 Å². The zero-order valence-corrected chi connectivity index (χ0v) is 12.1. The summed E-state index contributed by atoms with van der Waals surface area (Å²) < 4.78 is 0. The van der Waals surface area contributed by atoms with Crippen LogP contribution in [0, 0.1) is 5.92 Å². The number of nitrogens with one attached hydrogen (secondary N) is 1. The molecule has 0 spiro atoms. The van der Waals surface area contributed by atoms with E-state index in [9.17, 15) is 9.59 Å². The summed E-state index contributed by atoms with van der Waals surface area (Å²) in [6.07, 6.45) is 3.09. The number of rotatable bonds is 4. The summed E-state index contributed by atoms with van der Waals surface area (Å²) in [4.78, 5) is 24.2. The molecule has 1 unspecified atom stereocenters. The van der Waals surface area contributed by atoms with E-state index in [0.29, 0.717) is 30.2 Å². The van der Waals surface area contributed by atoms with Crippen LogP contribution in [0.4, 0.5) is 5.69 Å². The van der Waals surface area contributed by atoms with Crippen LogP contribution in [0.1, 0.15) is 32.6 Å². The Morgan fingerprint density at radius 3 is 2.67 bits per heavy atom. The van der Waals surface area contributed by atoms with Crippen molar-refractivity contribution in [2.75, 3.05) is 5.01 Å². The molecule has 0 aromatic heterocycles. The van der Waals surface area contributed by atoms with Crippen LogP contribution in [0.2, 0.25) is 0 Å². The number of benzene rings is 1. The van der Waals surface area contributed by atoms with E-state index in [2.05, 4.69) is 10.4 Å². The van der Waals surface area contributed by atoms with E-state index in [1.807, 2.05) is 37.3 Å². The second kappa shape index (κ2) is 5.68. The van der Waals surface area contributed by atoms with Crippen molar-refractivity contribution in [3.8, 4) is 0 Å². The molecule has 1 aromatic carbocycles. The largest absolute Gasteiger partial charge is 0.348 e. The van der Waals surface area contributed by atoms with Crippen LogP contribution < -0.4 is 10.3 Å². The van der Waals surface area contributed by atoms with Crippen molar-refractivity contribution < 1.29 is 9.59 Å². The Morgan fingerprint density at radius 1 is 1.29 bits per heavy atom. The highest BCUT2D eigenvalue weighted by atomic mass is 16.2. The highest BCUT2D eigenvalue weighted by molar-refractivity contribution is 6.40. The van der Waals surface area contributed by atoms with Gasteiger partial charge in [-0.25, -0.2) is 5.01 Å². The number of nitrogens with zero attached hydrogens (tertiary/aromatic N) is 2. The third-order valence-corrected chi connectivity index (χ3v) is 3.98. The molecule has 1 saturated carbocycles. The Labute approximate surface area is 124 Å². The monoisotopic (exact) mass is 285 g/mol. The lowest BCUT2D eigenvalue weighted by atomic mass is 10.1. The summed E-state index contributed by atoms with van der Waals surface area (Å²) in [6.45, 7) is 2.03. The fourth-order valence-electron chi connectivity index (χ4n) is 2.49. The molecule has 1 aromatic rings. The van der Waals surface area contributed by atoms with Gasteiger partial charge in [0, 0.05) is 18.9 Å². The van der Waals surface area contributed by atoms with Gasteiger partial charge in [-0.1, -0.05) is 18.2 Å². The van der Waals surface area contributed by atoms with Crippen LogP contribution in [-0.4, -0.2) is 23.6 Å². The number of hydrazone groups is 1. The van der Waals surface area contributed by atoms with E-state index < -0.39 is 0 Å². The minimum Gasteiger partial charge on any atom is -0.348 e. The van der Waals surface area contributed by atoms with Gasteiger partial charge in [-0.15, -0.1) is 0 Å². The van der Waals surface area contributed by atoms with Gasteiger partial charge >= 0.3 is 0 Å². The summed E-state index contributed by atoms with van der Waals surface area (Å²) in [5, 5.41) is 8.58. The second-order valence-corrected chi connectivity index (χ2v) is 5.69. The maximum absolute atomic E-state index is 12.2. The summed E-state index contributed by atoms with van der Waals surface area (Å²) >= 11 is 0. The van der Waals surface area contributed by atoms with E-state index in [0.717, 1.165) is 0 Å². The Morgan fingerprint density at radius 2 is 2.00 bits per heavy atom. The van der Waals surface area contributed by atoms with Crippen LogP contribution >= 0.6 is 0 Å². The van der Waals surface area contributed by atoms with E-state index in [1.54, 1.807) is 0 Å². The van der Waals surface area contributed by atoms with Crippen molar-refractivity contribution in [1.29, 1.82) is 0 Å². The van der Waals surface area contributed by atoms with Gasteiger partial charge in [-0.3, -0.25) is 9.59 Å². The predicted octanol–water partition coefficient (Wildman–Crippen LogP) is 2.08. The fourth-order valence-corrected chi connectivity index (χ4v) is 2.49. The van der Waals surface area contributed by atoms with Crippen LogP contribution in [-0.2, 0) is 9.59 Å². The first kappa shape index (κ1) is 13.8. The van der Waals surface area contributed by atoms with Crippen molar-refractivity contribution in [1.82, 2.24) is 5.32 Å². The zero-order valence-electron chi connectivity index (χ0n) is 12.1. The zero-order chi connectivity index (χ0) is 14.8. The van der Waals surface area contributed by atoms with Gasteiger partial charge in [0.15, 0.2) is 0 Å². The smallest absolute Gasteiger partial charge is 0.267 e. The van der Waals surface area contributed by atoms with Crippen LogP contribution in [0.25, 0.3) is 0 Å². The molecule has 2 amide bonds. The van der Waals surface area contributed by atoms with Crippen molar-refractivity contribution in [3.63, 3.8) is 0 Å². The minimum absolute atomic E-state index is 0.0759. The normalized spacial score (nSPS) is 20.0. The molecule has 5 heteroatoms. The van der Waals surface area contributed by atoms with Gasteiger partial charge in [0.05, 0.1) is 5.69 Å². The Balaban J connectivity index is 1.75. The minimum atomic E-state index is -0.150. The number of carbonyl (C=O) groups excluding carboxylic acids is 2. The molecule has 0 saturated heterocycles. The molecule has 1 aliphatic carbocycles. The average molecular weight is 285 g/mol. The summed E-state index contributed by atoms with van der Waals surface area (Å²) in [5.74, 6) is 0.376. The number of anilines is 1. The number of para-hydroxylation sites is 1. The Bertz CT molecular complexity index is 578. The van der Waals surface area contributed by atoms with Gasteiger partial charge in [-0.05, 0) is 37.8 Å². The van der Waals surface area contributed by atoms with Gasteiger partial charge in [0.25, 0.3) is 5.91 Å². The Hall–Kier alpha value is -2.17. The molecule has 1 fully saturated rings. The molecule has 3 rings (SSSR count). The highest BCUT2D eigenvalue weighted by Gasteiger charge is 2.31.